The van der Waals surface area contributed by atoms with Gasteiger partial charge in [-0.2, -0.15) is 0 Å². The van der Waals surface area contributed by atoms with Crippen molar-refractivity contribution >= 4 is 13.7 Å². The highest BCUT2D eigenvalue weighted by molar-refractivity contribution is 5.99. The molecule has 0 unspecified atom stereocenters. The molecule has 0 N–H and O–H groups in total. The summed E-state index contributed by atoms with van der Waals surface area (Å²) in [4.78, 5) is 10.3. The van der Waals surface area contributed by atoms with Crippen molar-refractivity contribution < 1.29 is 4.65 Å². The second-order valence-corrected chi connectivity index (χ2v) is 3.37. The van der Waals surface area contributed by atoms with Crippen LogP contribution in [0.2, 0.25) is 0 Å². The van der Waals surface area contributed by atoms with E-state index in [1.807, 2.05) is 36.4 Å². The van der Waals surface area contributed by atoms with Gasteiger partial charge in [0.1, 0.15) is 5.69 Å². The molecule has 0 saturated heterocycles. The van der Waals surface area contributed by atoms with Crippen molar-refractivity contribution in [2.24, 2.45) is 5.18 Å². The molecule has 0 aromatic heterocycles. The van der Waals surface area contributed by atoms with Gasteiger partial charge in [0.15, 0.2) is 0 Å². The van der Waals surface area contributed by atoms with Crippen molar-refractivity contribution in [2.75, 3.05) is 0 Å². The lowest BCUT2D eigenvalue weighted by molar-refractivity contribution is 0.616. The van der Waals surface area contributed by atoms with Crippen LogP contribution in [-0.2, 0) is 0 Å². The van der Waals surface area contributed by atoms with E-state index in [1.165, 1.54) is 0 Å². The molecule has 0 heterocycles. The average Bonchev–Trinajstić information content (AvgIpc) is 2.39. The Hall–Kier alpha value is -2.10. The quantitative estimate of drug-likeness (QED) is 0.578. The maximum Gasteiger partial charge on any atom is 0.322 e. The summed E-state index contributed by atoms with van der Waals surface area (Å²) in [5.41, 5.74) is 2.57. The molecule has 16 heavy (non-hydrogen) atoms. The van der Waals surface area contributed by atoms with Crippen LogP contribution in [0.4, 0.5) is 5.69 Å². The Kier molecular flexibility index (Phi) is 3.01. The van der Waals surface area contributed by atoms with Gasteiger partial charge in [0.05, 0.1) is 5.75 Å². The van der Waals surface area contributed by atoms with Crippen LogP contribution in [0.5, 0.6) is 5.75 Å². The fourth-order valence-electron chi connectivity index (χ4n) is 1.50. The monoisotopic (exact) mass is 211 g/mol. The fraction of sp³-hybridized carbons (Fsp3) is 0. The summed E-state index contributed by atoms with van der Waals surface area (Å²) < 4.78 is 5.09. The third-order valence-electron chi connectivity index (χ3n) is 2.40. The summed E-state index contributed by atoms with van der Waals surface area (Å²) in [6.45, 7) is 0. The predicted molar refractivity (Wildman–Crippen MR) is 66.5 cm³/mol. The van der Waals surface area contributed by atoms with Gasteiger partial charge in [0.2, 0.25) is 0 Å². The van der Waals surface area contributed by atoms with Gasteiger partial charge in [-0.3, -0.25) is 0 Å². The Morgan fingerprint density at radius 3 is 1.81 bits per heavy atom. The van der Waals surface area contributed by atoms with Gasteiger partial charge >= 0.3 is 8.05 Å². The molecule has 0 amide bonds. The summed E-state index contributed by atoms with van der Waals surface area (Å²) in [7, 11) is 1.64. The molecule has 0 aliphatic carbocycles. The second kappa shape index (κ2) is 4.62. The minimum Gasteiger partial charge on any atom is -0.568 e. The van der Waals surface area contributed by atoms with E-state index in [1.54, 1.807) is 20.2 Å². The molecule has 0 spiro atoms. The smallest absolute Gasteiger partial charge is 0.322 e. The van der Waals surface area contributed by atoms with E-state index in [2.05, 4.69) is 5.18 Å². The van der Waals surface area contributed by atoms with Gasteiger partial charge in [0.25, 0.3) is 0 Å². The van der Waals surface area contributed by atoms with E-state index >= 15 is 0 Å². The van der Waals surface area contributed by atoms with Crippen LogP contribution in [0.1, 0.15) is 0 Å². The maximum absolute atomic E-state index is 10.3. The van der Waals surface area contributed by atoms with Crippen molar-refractivity contribution in [3.63, 3.8) is 0 Å². The van der Waals surface area contributed by atoms with E-state index in [9.17, 15) is 4.91 Å². The summed E-state index contributed by atoms with van der Waals surface area (Å²) in [6.07, 6.45) is 0. The van der Waals surface area contributed by atoms with Gasteiger partial charge in [0, 0.05) is 0 Å². The summed E-state index contributed by atoms with van der Waals surface area (Å²) >= 11 is 0. The molecular formula is C12H10BNO2. The Morgan fingerprint density at radius 2 is 1.38 bits per heavy atom. The molecule has 0 radical (unpaired) electrons. The van der Waals surface area contributed by atoms with Gasteiger partial charge < -0.3 is 4.65 Å². The summed E-state index contributed by atoms with van der Waals surface area (Å²) in [5, 5.41) is 2.86. The van der Waals surface area contributed by atoms with E-state index < -0.39 is 0 Å². The molecular weight excluding hydrogens is 201 g/mol. The Labute approximate surface area is 94.5 Å². The highest BCUT2D eigenvalue weighted by Crippen LogP contribution is 2.24. The molecule has 3 nitrogen and oxygen atoms in total. The van der Waals surface area contributed by atoms with Gasteiger partial charge in [-0.1, -0.05) is 24.3 Å². The fourth-order valence-corrected chi connectivity index (χ4v) is 1.50. The molecule has 0 aliphatic rings. The Morgan fingerprint density at radius 1 is 0.875 bits per heavy atom. The largest absolute Gasteiger partial charge is 0.568 e. The lowest BCUT2D eigenvalue weighted by Gasteiger charge is -2.04. The van der Waals surface area contributed by atoms with Crippen LogP contribution in [0.3, 0.4) is 0 Å². The van der Waals surface area contributed by atoms with Crippen molar-refractivity contribution in [1.82, 2.24) is 0 Å². The van der Waals surface area contributed by atoms with Crippen LogP contribution in [0, 0.1) is 4.91 Å². The molecule has 2 aromatic carbocycles. The number of benzene rings is 2. The molecule has 0 atom stereocenters. The normalized spacial score (nSPS) is 9.75. The van der Waals surface area contributed by atoms with Gasteiger partial charge in [-0.05, 0) is 40.6 Å². The summed E-state index contributed by atoms with van der Waals surface area (Å²) in [6, 6.07) is 14.9. The van der Waals surface area contributed by atoms with Crippen molar-refractivity contribution in [3.8, 4) is 16.9 Å². The van der Waals surface area contributed by atoms with Gasteiger partial charge in [-0.15, -0.1) is 4.91 Å². The van der Waals surface area contributed by atoms with Crippen molar-refractivity contribution in [3.05, 3.63) is 53.4 Å². The van der Waals surface area contributed by atoms with Crippen LogP contribution >= 0.6 is 0 Å². The van der Waals surface area contributed by atoms with Crippen LogP contribution in [0.25, 0.3) is 11.1 Å². The first-order valence-electron chi connectivity index (χ1n) is 4.91. The zero-order valence-electron chi connectivity index (χ0n) is 8.88. The third-order valence-corrected chi connectivity index (χ3v) is 2.40. The first-order valence-corrected chi connectivity index (χ1v) is 4.91. The first kappa shape index (κ1) is 10.4. The second-order valence-electron chi connectivity index (χ2n) is 3.37. The van der Waals surface area contributed by atoms with Gasteiger partial charge in [-0.25, -0.2) is 0 Å². The number of hydrogen-bond acceptors (Lipinski definition) is 3. The lowest BCUT2D eigenvalue weighted by atomic mass is 10.1. The number of hydrogen-bond donors (Lipinski definition) is 0. The molecule has 2 aromatic rings. The third kappa shape index (κ3) is 2.11. The van der Waals surface area contributed by atoms with E-state index in [-0.39, 0.29) is 0 Å². The highest BCUT2D eigenvalue weighted by atomic mass is 16.4. The maximum atomic E-state index is 10.3. The Bertz CT molecular complexity index is 479. The average molecular weight is 211 g/mol. The number of nitrogens with zero attached hydrogens (tertiary/aromatic N) is 1. The topological polar surface area (TPSA) is 38.7 Å². The molecule has 0 aliphatic heterocycles. The van der Waals surface area contributed by atoms with Crippen LogP contribution in [0.15, 0.2) is 53.7 Å². The number of nitroso groups, excluding NO2 is 1. The number of rotatable bonds is 3. The SMILES string of the molecule is BOc1ccc(-c2ccc(N=O)cc2)cc1. The molecule has 78 valence electrons. The van der Waals surface area contributed by atoms with E-state index in [4.69, 9.17) is 4.65 Å². The lowest BCUT2D eigenvalue weighted by Crippen LogP contribution is -1.84. The summed E-state index contributed by atoms with van der Waals surface area (Å²) in [5.74, 6) is 0.829. The minimum atomic E-state index is 0.442. The van der Waals surface area contributed by atoms with Crippen molar-refractivity contribution in [2.45, 2.75) is 0 Å². The van der Waals surface area contributed by atoms with Crippen LogP contribution in [-0.4, -0.2) is 8.05 Å². The van der Waals surface area contributed by atoms with Crippen molar-refractivity contribution in [1.29, 1.82) is 0 Å². The first-order chi connectivity index (χ1) is 7.83. The van der Waals surface area contributed by atoms with E-state index in [0.717, 1.165) is 16.9 Å². The zero-order chi connectivity index (χ0) is 11.4. The standard InChI is InChI=1S/C12H10BNO2/c13-16-12-7-3-10(4-8-12)9-1-5-11(14-15)6-2-9/h1-8H,13H2. The molecule has 0 fully saturated rings. The zero-order valence-corrected chi connectivity index (χ0v) is 8.88. The van der Waals surface area contributed by atoms with E-state index in [0.29, 0.717) is 5.69 Å². The molecule has 0 saturated carbocycles. The molecule has 2 rings (SSSR count). The Balaban J connectivity index is 2.31. The molecule has 0 bridgehead atoms. The predicted octanol–water partition coefficient (Wildman–Crippen LogP) is 2.68. The minimum absolute atomic E-state index is 0.442. The molecule has 4 heteroatoms. The van der Waals surface area contributed by atoms with Crippen LogP contribution < -0.4 is 4.65 Å². The highest BCUT2D eigenvalue weighted by Gasteiger charge is 1.98.